The SMILES string of the molecule is CC(C)(C)OC(=O)n1c(=O)[nH]c2cc(I)ccc21. The number of hydrogen-bond acceptors (Lipinski definition) is 3. The molecule has 2 aromatic rings. The Kier molecular flexibility index (Phi) is 3.22. The predicted molar refractivity (Wildman–Crippen MR) is 76.9 cm³/mol. The molecule has 0 aliphatic rings. The summed E-state index contributed by atoms with van der Waals surface area (Å²) in [5.41, 5.74) is 0.0252. The van der Waals surface area contributed by atoms with E-state index >= 15 is 0 Å². The topological polar surface area (TPSA) is 64.1 Å². The summed E-state index contributed by atoms with van der Waals surface area (Å²) in [6, 6.07) is 5.36. The van der Waals surface area contributed by atoms with Crippen molar-refractivity contribution in [2.75, 3.05) is 0 Å². The van der Waals surface area contributed by atoms with Crippen molar-refractivity contribution in [3.8, 4) is 0 Å². The number of aromatic nitrogens is 2. The summed E-state index contributed by atoms with van der Waals surface area (Å²) in [5, 5.41) is 0. The minimum Gasteiger partial charge on any atom is -0.443 e. The van der Waals surface area contributed by atoms with Crippen LogP contribution in [0.15, 0.2) is 23.0 Å². The van der Waals surface area contributed by atoms with Gasteiger partial charge in [0.1, 0.15) is 5.60 Å². The van der Waals surface area contributed by atoms with Gasteiger partial charge in [0.15, 0.2) is 0 Å². The molecule has 1 aromatic carbocycles. The molecule has 0 saturated carbocycles. The fourth-order valence-corrected chi connectivity index (χ4v) is 2.06. The lowest BCUT2D eigenvalue weighted by Gasteiger charge is -2.19. The van der Waals surface area contributed by atoms with Crippen LogP contribution in [0.5, 0.6) is 0 Å². The Morgan fingerprint density at radius 1 is 1.39 bits per heavy atom. The lowest BCUT2D eigenvalue weighted by Crippen LogP contribution is -2.32. The molecule has 5 nitrogen and oxygen atoms in total. The Bertz CT molecular complexity index is 664. The van der Waals surface area contributed by atoms with E-state index in [2.05, 4.69) is 27.6 Å². The molecule has 0 fully saturated rings. The number of nitrogens with zero attached hydrogens (tertiary/aromatic N) is 1. The average molecular weight is 360 g/mol. The van der Waals surface area contributed by atoms with Gasteiger partial charge in [-0.2, -0.15) is 4.57 Å². The van der Waals surface area contributed by atoms with Crippen molar-refractivity contribution >= 4 is 39.7 Å². The number of ether oxygens (including phenoxy) is 1. The standard InChI is InChI=1S/C12H13IN2O3/c1-12(2,3)18-11(17)15-9-5-4-7(13)6-8(9)14-10(15)16/h4-6H,1-3H3,(H,14,16). The molecule has 0 aliphatic heterocycles. The number of carbonyl (C=O) groups excluding carboxylic acids is 1. The van der Waals surface area contributed by atoms with Gasteiger partial charge >= 0.3 is 11.8 Å². The third-order valence-electron chi connectivity index (χ3n) is 2.22. The zero-order valence-corrected chi connectivity index (χ0v) is 12.4. The highest BCUT2D eigenvalue weighted by atomic mass is 127. The zero-order valence-electron chi connectivity index (χ0n) is 10.3. The number of imidazole rings is 1. The molecular formula is C12H13IN2O3. The molecule has 0 spiro atoms. The summed E-state index contributed by atoms with van der Waals surface area (Å²) in [5.74, 6) is 0. The first-order valence-corrected chi connectivity index (χ1v) is 6.49. The predicted octanol–water partition coefficient (Wildman–Crippen LogP) is 2.72. The molecule has 0 atom stereocenters. The first kappa shape index (κ1) is 13.1. The van der Waals surface area contributed by atoms with Crippen LogP contribution in [0.3, 0.4) is 0 Å². The largest absolute Gasteiger partial charge is 0.443 e. The zero-order chi connectivity index (χ0) is 13.5. The van der Waals surface area contributed by atoms with Crippen LogP contribution in [-0.4, -0.2) is 21.2 Å². The van der Waals surface area contributed by atoms with Gasteiger partial charge in [0.05, 0.1) is 11.0 Å². The summed E-state index contributed by atoms with van der Waals surface area (Å²) in [7, 11) is 0. The molecular weight excluding hydrogens is 347 g/mol. The summed E-state index contributed by atoms with van der Waals surface area (Å²) >= 11 is 2.14. The van der Waals surface area contributed by atoms with Crippen LogP contribution in [-0.2, 0) is 4.74 Å². The monoisotopic (exact) mass is 360 g/mol. The van der Waals surface area contributed by atoms with E-state index in [4.69, 9.17) is 4.74 Å². The van der Waals surface area contributed by atoms with E-state index in [1.54, 1.807) is 32.9 Å². The van der Waals surface area contributed by atoms with Gasteiger partial charge in [-0.3, -0.25) is 0 Å². The molecule has 1 aromatic heterocycles. The van der Waals surface area contributed by atoms with Gasteiger partial charge in [0, 0.05) is 3.57 Å². The summed E-state index contributed by atoms with van der Waals surface area (Å²) in [4.78, 5) is 26.4. The highest BCUT2D eigenvalue weighted by molar-refractivity contribution is 14.1. The van der Waals surface area contributed by atoms with Crippen LogP contribution >= 0.6 is 22.6 Å². The molecule has 1 heterocycles. The second kappa shape index (κ2) is 4.42. The van der Waals surface area contributed by atoms with Gasteiger partial charge in [-0.25, -0.2) is 9.59 Å². The smallest absolute Gasteiger partial charge is 0.423 e. The van der Waals surface area contributed by atoms with Gasteiger partial charge in [-0.1, -0.05) is 0 Å². The third-order valence-corrected chi connectivity index (χ3v) is 2.89. The van der Waals surface area contributed by atoms with Gasteiger partial charge in [-0.05, 0) is 61.6 Å². The van der Waals surface area contributed by atoms with Crippen molar-refractivity contribution in [1.29, 1.82) is 0 Å². The Balaban J connectivity index is 2.54. The molecule has 0 aliphatic carbocycles. The van der Waals surface area contributed by atoms with Crippen molar-refractivity contribution < 1.29 is 9.53 Å². The number of benzene rings is 1. The van der Waals surface area contributed by atoms with Crippen LogP contribution in [0.2, 0.25) is 0 Å². The third kappa shape index (κ3) is 2.58. The molecule has 0 radical (unpaired) electrons. The number of fused-ring (bicyclic) bond motifs is 1. The Morgan fingerprint density at radius 3 is 2.67 bits per heavy atom. The van der Waals surface area contributed by atoms with Crippen LogP contribution in [0.1, 0.15) is 20.8 Å². The quantitative estimate of drug-likeness (QED) is 0.735. The molecule has 0 unspecified atom stereocenters. The van der Waals surface area contributed by atoms with Crippen LogP contribution in [0, 0.1) is 3.57 Å². The van der Waals surface area contributed by atoms with Crippen LogP contribution < -0.4 is 5.69 Å². The fraction of sp³-hybridized carbons (Fsp3) is 0.333. The normalized spacial score (nSPS) is 11.8. The number of halogens is 1. The maximum absolute atomic E-state index is 12.0. The van der Waals surface area contributed by atoms with Crippen molar-refractivity contribution in [2.24, 2.45) is 0 Å². The van der Waals surface area contributed by atoms with E-state index in [1.165, 1.54) is 0 Å². The van der Waals surface area contributed by atoms with Gasteiger partial charge < -0.3 is 9.72 Å². The molecule has 1 N–H and O–H groups in total. The highest BCUT2D eigenvalue weighted by Gasteiger charge is 2.21. The molecule has 2 rings (SSSR count). The van der Waals surface area contributed by atoms with E-state index < -0.39 is 17.4 Å². The molecule has 0 saturated heterocycles. The second-order valence-electron chi connectivity index (χ2n) is 4.91. The Morgan fingerprint density at radius 2 is 2.06 bits per heavy atom. The van der Waals surface area contributed by atoms with Gasteiger partial charge in [0.25, 0.3) is 0 Å². The number of carbonyl (C=O) groups is 1. The Labute approximate surface area is 117 Å². The van der Waals surface area contributed by atoms with Crippen molar-refractivity contribution in [3.63, 3.8) is 0 Å². The first-order valence-electron chi connectivity index (χ1n) is 5.41. The van der Waals surface area contributed by atoms with Crippen molar-refractivity contribution in [1.82, 2.24) is 9.55 Å². The van der Waals surface area contributed by atoms with E-state index in [0.717, 1.165) is 8.14 Å². The first-order chi connectivity index (χ1) is 8.28. The van der Waals surface area contributed by atoms with E-state index in [0.29, 0.717) is 11.0 Å². The summed E-state index contributed by atoms with van der Waals surface area (Å²) in [6.45, 7) is 5.27. The Hall–Kier alpha value is -1.31. The van der Waals surface area contributed by atoms with E-state index in [1.807, 2.05) is 6.07 Å². The maximum atomic E-state index is 12.0. The van der Waals surface area contributed by atoms with Gasteiger partial charge in [0.2, 0.25) is 0 Å². The van der Waals surface area contributed by atoms with E-state index in [-0.39, 0.29) is 0 Å². The van der Waals surface area contributed by atoms with Crippen molar-refractivity contribution in [3.05, 3.63) is 32.3 Å². The minimum absolute atomic E-state index is 0.485. The molecule has 6 heteroatoms. The van der Waals surface area contributed by atoms with Crippen molar-refractivity contribution in [2.45, 2.75) is 26.4 Å². The van der Waals surface area contributed by atoms with E-state index in [9.17, 15) is 9.59 Å². The highest BCUT2D eigenvalue weighted by Crippen LogP contribution is 2.16. The molecule has 0 bridgehead atoms. The fourth-order valence-electron chi connectivity index (χ4n) is 1.57. The average Bonchev–Trinajstić information content (AvgIpc) is 2.50. The molecule has 18 heavy (non-hydrogen) atoms. The lowest BCUT2D eigenvalue weighted by molar-refractivity contribution is 0.0538. The number of nitrogens with one attached hydrogen (secondary N) is 1. The number of hydrogen-bond donors (Lipinski definition) is 1. The molecule has 96 valence electrons. The summed E-state index contributed by atoms with van der Waals surface area (Å²) in [6.07, 6.45) is -0.667. The minimum atomic E-state index is -0.667. The van der Waals surface area contributed by atoms with Gasteiger partial charge in [-0.15, -0.1) is 0 Å². The second-order valence-corrected chi connectivity index (χ2v) is 6.15. The van der Waals surface area contributed by atoms with Crippen LogP contribution in [0.25, 0.3) is 11.0 Å². The number of aromatic amines is 1. The lowest BCUT2D eigenvalue weighted by atomic mass is 10.2. The van der Waals surface area contributed by atoms with Crippen LogP contribution in [0.4, 0.5) is 4.79 Å². The number of H-pyrrole nitrogens is 1. The number of rotatable bonds is 0. The summed E-state index contributed by atoms with van der Waals surface area (Å²) < 4.78 is 7.20. The maximum Gasteiger partial charge on any atom is 0.423 e. The molecule has 0 amide bonds.